The summed E-state index contributed by atoms with van der Waals surface area (Å²) < 4.78 is 5.75. The van der Waals surface area contributed by atoms with Crippen LogP contribution in [-0.2, 0) is 22.5 Å². The van der Waals surface area contributed by atoms with E-state index >= 15 is 0 Å². The Labute approximate surface area is 119 Å². The van der Waals surface area contributed by atoms with Crippen LogP contribution < -0.4 is 5.73 Å². The number of benzene rings is 1. The van der Waals surface area contributed by atoms with E-state index in [1.54, 1.807) is 0 Å². The lowest BCUT2D eigenvalue weighted by Gasteiger charge is -2.36. The maximum atomic E-state index is 12.6. The van der Waals surface area contributed by atoms with Crippen molar-refractivity contribution < 1.29 is 9.53 Å². The van der Waals surface area contributed by atoms with Gasteiger partial charge in [0.15, 0.2) is 0 Å². The second kappa shape index (κ2) is 5.54. The molecule has 1 fully saturated rings. The normalized spacial score (nSPS) is 29.3. The third kappa shape index (κ3) is 2.45. The summed E-state index contributed by atoms with van der Waals surface area (Å²) in [6.45, 7) is 3.31. The predicted octanol–water partition coefficient (Wildman–Crippen LogP) is 1.47. The number of nitrogens with two attached hydrogens (primary N) is 1. The van der Waals surface area contributed by atoms with Gasteiger partial charge in [0.25, 0.3) is 5.91 Å². The average molecular weight is 274 g/mol. The maximum absolute atomic E-state index is 12.6. The van der Waals surface area contributed by atoms with Crippen LogP contribution in [0.25, 0.3) is 0 Å². The van der Waals surface area contributed by atoms with Gasteiger partial charge in [-0.15, -0.1) is 0 Å². The smallest absolute Gasteiger partial charge is 0.252 e. The van der Waals surface area contributed by atoms with Crippen LogP contribution in [0.1, 0.15) is 30.9 Å². The Kier molecular flexibility index (Phi) is 3.76. The summed E-state index contributed by atoms with van der Waals surface area (Å²) in [6.07, 6.45) is 2.37. The first-order chi connectivity index (χ1) is 9.69. The van der Waals surface area contributed by atoms with Gasteiger partial charge in [0.05, 0.1) is 6.10 Å². The largest absolute Gasteiger partial charge is 0.364 e. The summed E-state index contributed by atoms with van der Waals surface area (Å²) in [4.78, 5) is 14.6. The molecule has 3 atom stereocenters. The van der Waals surface area contributed by atoms with Crippen molar-refractivity contribution in [2.24, 2.45) is 5.73 Å². The molecule has 1 amide bonds. The monoisotopic (exact) mass is 274 g/mol. The number of fused-ring (bicyclic) bond motifs is 1. The summed E-state index contributed by atoms with van der Waals surface area (Å²) in [5, 5.41) is 0. The van der Waals surface area contributed by atoms with Gasteiger partial charge in [-0.1, -0.05) is 24.3 Å². The summed E-state index contributed by atoms with van der Waals surface area (Å²) in [5.41, 5.74) is 8.23. The number of hydrogen-bond donors (Lipinski definition) is 1. The molecule has 1 unspecified atom stereocenters. The molecule has 20 heavy (non-hydrogen) atoms. The number of carbonyl (C=O) groups is 1. The van der Waals surface area contributed by atoms with E-state index in [0.717, 1.165) is 19.3 Å². The van der Waals surface area contributed by atoms with Gasteiger partial charge in [0.1, 0.15) is 6.10 Å². The lowest BCUT2D eigenvalue weighted by atomic mass is 9.94. The van der Waals surface area contributed by atoms with E-state index < -0.39 is 0 Å². The number of ether oxygens (including phenoxy) is 1. The topological polar surface area (TPSA) is 55.6 Å². The highest BCUT2D eigenvalue weighted by molar-refractivity contribution is 5.81. The highest BCUT2D eigenvalue weighted by atomic mass is 16.5. The molecule has 0 bridgehead atoms. The molecule has 2 heterocycles. The second-order valence-corrected chi connectivity index (χ2v) is 5.85. The first-order valence-electron chi connectivity index (χ1n) is 7.42. The zero-order chi connectivity index (χ0) is 14.1. The van der Waals surface area contributed by atoms with Crippen LogP contribution >= 0.6 is 0 Å². The molecule has 0 aliphatic carbocycles. The molecule has 0 spiro atoms. The van der Waals surface area contributed by atoms with Crippen LogP contribution in [0.5, 0.6) is 0 Å². The van der Waals surface area contributed by atoms with E-state index in [0.29, 0.717) is 13.1 Å². The van der Waals surface area contributed by atoms with Crippen molar-refractivity contribution in [3.8, 4) is 0 Å². The van der Waals surface area contributed by atoms with Gasteiger partial charge < -0.3 is 15.4 Å². The van der Waals surface area contributed by atoms with Crippen molar-refractivity contribution >= 4 is 5.91 Å². The molecule has 1 saturated heterocycles. The lowest BCUT2D eigenvalue weighted by Crippen LogP contribution is -2.47. The van der Waals surface area contributed by atoms with Gasteiger partial charge in [-0.25, -0.2) is 0 Å². The van der Waals surface area contributed by atoms with E-state index in [1.807, 2.05) is 11.0 Å². The Morgan fingerprint density at radius 2 is 2.10 bits per heavy atom. The summed E-state index contributed by atoms with van der Waals surface area (Å²) in [6, 6.07) is 8.60. The van der Waals surface area contributed by atoms with Gasteiger partial charge in [-0.2, -0.15) is 0 Å². The van der Waals surface area contributed by atoms with E-state index in [1.165, 1.54) is 11.1 Å². The number of rotatable bonds is 2. The minimum atomic E-state index is -0.295. The lowest BCUT2D eigenvalue weighted by molar-refractivity contribution is -0.146. The molecule has 0 aromatic heterocycles. The first-order valence-corrected chi connectivity index (χ1v) is 7.42. The van der Waals surface area contributed by atoms with Crippen LogP contribution in [0, 0.1) is 0 Å². The molecule has 1 aromatic rings. The Balaban J connectivity index is 1.73. The predicted molar refractivity (Wildman–Crippen MR) is 77.1 cm³/mol. The number of carbonyl (C=O) groups excluding carboxylic acids is 1. The highest BCUT2D eigenvalue weighted by Crippen LogP contribution is 2.27. The molecule has 2 aliphatic rings. The molecule has 3 rings (SSSR count). The zero-order valence-corrected chi connectivity index (χ0v) is 11.9. The molecule has 2 N–H and O–H groups in total. The van der Waals surface area contributed by atoms with Gasteiger partial charge in [0, 0.05) is 19.1 Å². The van der Waals surface area contributed by atoms with Gasteiger partial charge in [-0.05, 0) is 37.3 Å². The third-order valence-corrected chi connectivity index (χ3v) is 4.44. The van der Waals surface area contributed by atoms with Gasteiger partial charge in [0.2, 0.25) is 0 Å². The fraction of sp³-hybridized carbons (Fsp3) is 0.562. The van der Waals surface area contributed by atoms with E-state index in [2.05, 4.69) is 25.1 Å². The van der Waals surface area contributed by atoms with E-state index in [-0.39, 0.29) is 24.2 Å². The molecule has 108 valence electrons. The van der Waals surface area contributed by atoms with Crippen LogP contribution in [-0.4, -0.2) is 35.6 Å². The minimum absolute atomic E-state index is 0.0522. The van der Waals surface area contributed by atoms with Gasteiger partial charge >= 0.3 is 0 Å². The standard InChI is InChI=1S/C16H22N2O2/c1-11-8-12-4-2-3-5-13(12)10-18(11)16(19)15-7-6-14(9-17)20-15/h2-5,11,14-15H,6-10,17H2,1H3/t11?,14-,15+/m1/s1. The highest BCUT2D eigenvalue weighted by Gasteiger charge is 2.36. The zero-order valence-electron chi connectivity index (χ0n) is 11.9. The van der Waals surface area contributed by atoms with E-state index in [4.69, 9.17) is 10.5 Å². The third-order valence-electron chi connectivity index (χ3n) is 4.44. The van der Waals surface area contributed by atoms with E-state index in [9.17, 15) is 4.79 Å². The van der Waals surface area contributed by atoms with Crippen molar-refractivity contribution in [3.05, 3.63) is 35.4 Å². The Bertz CT molecular complexity index is 503. The van der Waals surface area contributed by atoms with Crippen LogP contribution in [0.15, 0.2) is 24.3 Å². The SMILES string of the molecule is CC1Cc2ccccc2CN1C(=O)[C@@H]1CC[C@H](CN)O1. The number of amides is 1. The average Bonchev–Trinajstić information content (AvgIpc) is 2.94. The molecule has 1 aromatic carbocycles. The van der Waals surface area contributed by atoms with Gasteiger partial charge in [-0.3, -0.25) is 4.79 Å². The molecular formula is C16H22N2O2. The van der Waals surface area contributed by atoms with Crippen molar-refractivity contribution in [1.29, 1.82) is 0 Å². The Hall–Kier alpha value is -1.39. The van der Waals surface area contributed by atoms with Crippen molar-refractivity contribution in [3.63, 3.8) is 0 Å². The van der Waals surface area contributed by atoms with Crippen LogP contribution in [0.4, 0.5) is 0 Å². The van der Waals surface area contributed by atoms with Crippen molar-refractivity contribution in [1.82, 2.24) is 4.90 Å². The quantitative estimate of drug-likeness (QED) is 0.888. The Morgan fingerprint density at radius 3 is 2.80 bits per heavy atom. The molecule has 0 radical (unpaired) electrons. The molecule has 4 heteroatoms. The second-order valence-electron chi connectivity index (χ2n) is 5.85. The first kappa shape index (κ1) is 13.6. The molecule has 4 nitrogen and oxygen atoms in total. The van der Waals surface area contributed by atoms with Crippen LogP contribution in [0.2, 0.25) is 0 Å². The summed E-state index contributed by atoms with van der Waals surface area (Å²) in [7, 11) is 0. The summed E-state index contributed by atoms with van der Waals surface area (Å²) >= 11 is 0. The van der Waals surface area contributed by atoms with Crippen LogP contribution in [0.3, 0.4) is 0 Å². The molecular weight excluding hydrogens is 252 g/mol. The summed E-state index contributed by atoms with van der Waals surface area (Å²) in [5.74, 6) is 0.128. The Morgan fingerprint density at radius 1 is 1.35 bits per heavy atom. The molecule has 0 saturated carbocycles. The fourth-order valence-corrected chi connectivity index (χ4v) is 3.22. The number of nitrogens with zero attached hydrogens (tertiary/aromatic N) is 1. The van der Waals surface area contributed by atoms with Crippen molar-refractivity contribution in [2.75, 3.05) is 6.54 Å². The maximum Gasteiger partial charge on any atom is 0.252 e. The molecule has 2 aliphatic heterocycles. The van der Waals surface area contributed by atoms with Crippen molar-refractivity contribution in [2.45, 2.75) is 51.0 Å². The number of hydrogen-bond acceptors (Lipinski definition) is 3. The fourth-order valence-electron chi connectivity index (χ4n) is 3.22. The minimum Gasteiger partial charge on any atom is -0.364 e.